The zero-order valence-electron chi connectivity index (χ0n) is 13.9. The molecule has 0 unspecified atom stereocenters. The Morgan fingerprint density at radius 3 is 2.81 bits per heavy atom. The van der Waals surface area contributed by atoms with E-state index in [0.29, 0.717) is 16.7 Å². The third-order valence-corrected chi connectivity index (χ3v) is 3.25. The van der Waals surface area contributed by atoms with E-state index in [0.717, 1.165) is 0 Å². The van der Waals surface area contributed by atoms with Crippen LogP contribution in [0, 0.1) is 0 Å². The van der Waals surface area contributed by atoms with E-state index in [2.05, 4.69) is 21.9 Å². The Hall–Kier alpha value is -3.49. The molecule has 0 atom stereocenters. The molecule has 0 aliphatic heterocycles. The van der Waals surface area contributed by atoms with E-state index < -0.39 is 24.5 Å². The molecule has 2 aromatic rings. The summed E-state index contributed by atoms with van der Waals surface area (Å²) in [6.07, 6.45) is 1.53. The van der Waals surface area contributed by atoms with Crippen molar-refractivity contribution in [3.05, 3.63) is 53.1 Å². The SMILES string of the molecule is C=CCNC(=O)NC(=O)COC(=O)CCc1nc2ccccc2c(=O)[nH]1. The maximum Gasteiger partial charge on any atom is 0.321 e. The number of hydrogen-bond donors (Lipinski definition) is 3. The molecule has 0 fully saturated rings. The number of aryl methyl sites for hydroxylation is 1. The van der Waals surface area contributed by atoms with Crippen LogP contribution >= 0.6 is 0 Å². The number of para-hydroxylation sites is 1. The fourth-order valence-corrected chi connectivity index (χ4v) is 2.06. The van der Waals surface area contributed by atoms with Crippen LogP contribution < -0.4 is 16.2 Å². The largest absolute Gasteiger partial charge is 0.456 e. The summed E-state index contributed by atoms with van der Waals surface area (Å²) in [5.41, 5.74) is 0.244. The van der Waals surface area contributed by atoms with E-state index in [-0.39, 0.29) is 24.9 Å². The first-order valence-corrected chi connectivity index (χ1v) is 7.81. The van der Waals surface area contributed by atoms with Crippen molar-refractivity contribution in [2.24, 2.45) is 0 Å². The average molecular weight is 358 g/mol. The number of imide groups is 1. The van der Waals surface area contributed by atoms with Crippen LogP contribution in [0.25, 0.3) is 10.9 Å². The Morgan fingerprint density at radius 2 is 2.04 bits per heavy atom. The molecule has 1 aromatic carbocycles. The van der Waals surface area contributed by atoms with Gasteiger partial charge in [0.15, 0.2) is 6.61 Å². The third-order valence-electron chi connectivity index (χ3n) is 3.25. The van der Waals surface area contributed by atoms with Gasteiger partial charge >= 0.3 is 12.0 Å². The van der Waals surface area contributed by atoms with Crippen molar-refractivity contribution in [1.82, 2.24) is 20.6 Å². The van der Waals surface area contributed by atoms with Gasteiger partial charge in [-0.2, -0.15) is 0 Å². The molecule has 3 amide bonds. The number of fused-ring (bicyclic) bond motifs is 1. The highest BCUT2D eigenvalue weighted by Crippen LogP contribution is 2.06. The quantitative estimate of drug-likeness (QED) is 0.485. The molecule has 136 valence electrons. The Kier molecular flexibility index (Phi) is 6.60. The molecule has 0 saturated carbocycles. The van der Waals surface area contributed by atoms with Gasteiger partial charge < -0.3 is 15.0 Å². The molecule has 0 saturated heterocycles. The Labute approximate surface area is 148 Å². The number of H-pyrrole nitrogens is 1. The summed E-state index contributed by atoms with van der Waals surface area (Å²) in [6.45, 7) is 3.04. The number of esters is 1. The van der Waals surface area contributed by atoms with Gasteiger partial charge in [0.1, 0.15) is 5.82 Å². The van der Waals surface area contributed by atoms with Crippen LogP contribution in [-0.2, 0) is 20.7 Å². The lowest BCUT2D eigenvalue weighted by Gasteiger charge is -2.06. The predicted molar refractivity (Wildman–Crippen MR) is 93.4 cm³/mol. The Morgan fingerprint density at radius 1 is 1.27 bits per heavy atom. The number of benzene rings is 1. The fourth-order valence-electron chi connectivity index (χ4n) is 2.06. The van der Waals surface area contributed by atoms with E-state index in [1.54, 1.807) is 24.3 Å². The molecule has 0 aliphatic rings. The monoisotopic (exact) mass is 358 g/mol. The van der Waals surface area contributed by atoms with E-state index >= 15 is 0 Å². The van der Waals surface area contributed by atoms with Crippen LogP contribution in [0.4, 0.5) is 4.79 Å². The number of hydrogen-bond acceptors (Lipinski definition) is 6. The summed E-state index contributed by atoms with van der Waals surface area (Å²) >= 11 is 0. The molecule has 0 spiro atoms. The summed E-state index contributed by atoms with van der Waals surface area (Å²) in [5.74, 6) is -1.06. The Bertz CT molecular complexity index is 890. The van der Waals surface area contributed by atoms with Gasteiger partial charge in [0, 0.05) is 13.0 Å². The molecule has 26 heavy (non-hydrogen) atoms. The number of nitrogens with zero attached hydrogens (tertiary/aromatic N) is 1. The standard InChI is InChI=1S/C17H18N4O5/c1-2-9-18-17(25)21-14(22)10-26-15(23)8-7-13-19-12-6-4-3-5-11(12)16(24)20-13/h2-6H,1,7-10H2,(H,19,20,24)(H2,18,21,22,25). The fraction of sp³-hybridized carbons (Fsp3) is 0.235. The second-order valence-electron chi connectivity index (χ2n) is 5.24. The van der Waals surface area contributed by atoms with Crippen LogP contribution in [0.15, 0.2) is 41.7 Å². The highest BCUT2D eigenvalue weighted by atomic mass is 16.5. The smallest absolute Gasteiger partial charge is 0.321 e. The normalized spacial score (nSPS) is 10.2. The highest BCUT2D eigenvalue weighted by Gasteiger charge is 2.11. The molecule has 2 rings (SSSR count). The van der Waals surface area contributed by atoms with Gasteiger partial charge in [0.05, 0.1) is 17.3 Å². The number of ether oxygens (including phenoxy) is 1. The minimum Gasteiger partial charge on any atom is -0.456 e. The van der Waals surface area contributed by atoms with E-state index in [1.165, 1.54) is 6.08 Å². The topological polar surface area (TPSA) is 130 Å². The lowest BCUT2D eigenvalue weighted by Crippen LogP contribution is -2.41. The summed E-state index contributed by atoms with van der Waals surface area (Å²) < 4.78 is 4.78. The van der Waals surface area contributed by atoms with Crippen molar-refractivity contribution in [3.63, 3.8) is 0 Å². The summed E-state index contributed by atoms with van der Waals surface area (Å²) in [4.78, 5) is 53.2. The molecule has 1 heterocycles. The highest BCUT2D eigenvalue weighted by molar-refractivity contribution is 5.95. The molecule has 0 aliphatic carbocycles. The minimum atomic E-state index is -0.753. The first-order chi connectivity index (χ1) is 12.5. The van der Waals surface area contributed by atoms with Gasteiger partial charge in [-0.3, -0.25) is 19.7 Å². The number of aromatic amines is 1. The minimum absolute atomic E-state index is 0.0722. The van der Waals surface area contributed by atoms with Gasteiger partial charge in [-0.1, -0.05) is 18.2 Å². The molecule has 0 bridgehead atoms. The van der Waals surface area contributed by atoms with E-state index in [1.807, 2.05) is 5.32 Å². The van der Waals surface area contributed by atoms with Crippen LogP contribution in [0.5, 0.6) is 0 Å². The molecule has 3 N–H and O–H groups in total. The average Bonchev–Trinajstić information content (AvgIpc) is 2.63. The van der Waals surface area contributed by atoms with Gasteiger partial charge in [-0.05, 0) is 12.1 Å². The molecule has 9 nitrogen and oxygen atoms in total. The van der Waals surface area contributed by atoms with Gasteiger partial charge in [-0.15, -0.1) is 6.58 Å². The van der Waals surface area contributed by atoms with Crippen LogP contribution in [0.1, 0.15) is 12.2 Å². The van der Waals surface area contributed by atoms with Gasteiger partial charge in [-0.25, -0.2) is 9.78 Å². The molecule has 1 aromatic heterocycles. The lowest BCUT2D eigenvalue weighted by molar-refractivity contribution is -0.148. The van der Waals surface area contributed by atoms with Crippen molar-refractivity contribution in [2.75, 3.05) is 13.2 Å². The first kappa shape index (κ1) is 18.8. The maximum absolute atomic E-state index is 11.9. The third kappa shape index (κ3) is 5.55. The number of carbonyl (C=O) groups is 3. The number of amides is 3. The van der Waals surface area contributed by atoms with Crippen LogP contribution in [0.2, 0.25) is 0 Å². The van der Waals surface area contributed by atoms with E-state index in [4.69, 9.17) is 4.74 Å². The molecular formula is C17H18N4O5. The maximum atomic E-state index is 11.9. The number of carbonyl (C=O) groups excluding carboxylic acids is 3. The van der Waals surface area contributed by atoms with Crippen LogP contribution in [0.3, 0.4) is 0 Å². The van der Waals surface area contributed by atoms with Crippen molar-refractivity contribution >= 4 is 28.8 Å². The Balaban J connectivity index is 1.80. The number of nitrogens with one attached hydrogen (secondary N) is 3. The zero-order chi connectivity index (χ0) is 18.9. The second kappa shape index (κ2) is 9.11. The van der Waals surface area contributed by atoms with Crippen molar-refractivity contribution in [1.29, 1.82) is 0 Å². The van der Waals surface area contributed by atoms with Gasteiger partial charge in [0.25, 0.3) is 11.5 Å². The van der Waals surface area contributed by atoms with Crippen molar-refractivity contribution in [2.45, 2.75) is 12.8 Å². The molecule has 0 radical (unpaired) electrons. The van der Waals surface area contributed by atoms with Crippen molar-refractivity contribution < 1.29 is 19.1 Å². The molecular weight excluding hydrogens is 340 g/mol. The predicted octanol–water partition coefficient (Wildman–Crippen LogP) is 0.411. The van der Waals surface area contributed by atoms with Gasteiger partial charge in [0.2, 0.25) is 0 Å². The summed E-state index contributed by atoms with van der Waals surface area (Å²) in [7, 11) is 0. The number of aromatic nitrogens is 2. The molecule has 9 heteroatoms. The number of rotatable bonds is 7. The van der Waals surface area contributed by atoms with E-state index in [9.17, 15) is 19.2 Å². The van der Waals surface area contributed by atoms with Crippen LogP contribution in [-0.4, -0.2) is 41.0 Å². The summed E-state index contributed by atoms with van der Waals surface area (Å²) in [5, 5.41) is 4.81. The zero-order valence-corrected chi connectivity index (χ0v) is 13.9. The first-order valence-electron chi connectivity index (χ1n) is 7.81. The summed E-state index contributed by atoms with van der Waals surface area (Å²) in [6, 6.07) is 6.15. The second-order valence-corrected chi connectivity index (χ2v) is 5.24. The lowest BCUT2D eigenvalue weighted by atomic mass is 10.2. The van der Waals surface area contributed by atoms with Crippen molar-refractivity contribution in [3.8, 4) is 0 Å². The number of urea groups is 1.